The number of piperazine rings is 1. The molecule has 112 valence electrons. The Morgan fingerprint density at radius 3 is 2.43 bits per heavy atom. The maximum absolute atomic E-state index is 12.5. The Labute approximate surface area is 124 Å². The molecule has 1 aromatic rings. The number of anilines is 1. The first-order valence-electron chi connectivity index (χ1n) is 7.48. The Bertz CT molecular complexity index is 520. The van der Waals surface area contributed by atoms with Crippen LogP contribution >= 0.6 is 0 Å². The van der Waals surface area contributed by atoms with Crippen LogP contribution in [0.2, 0.25) is 0 Å². The van der Waals surface area contributed by atoms with Gasteiger partial charge in [0.2, 0.25) is 6.41 Å². The van der Waals surface area contributed by atoms with Gasteiger partial charge >= 0.3 is 0 Å². The predicted molar refractivity (Wildman–Crippen MR) is 79.2 cm³/mol. The summed E-state index contributed by atoms with van der Waals surface area (Å²) in [7, 11) is 0. The first-order chi connectivity index (χ1) is 10.3. The van der Waals surface area contributed by atoms with Crippen molar-refractivity contribution in [3.8, 4) is 0 Å². The number of amides is 2. The van der Waals surface area contributed by atoms with Gasteiger partial charge in [-0.05, 0) is 25.0 Å². The van der Waals surface area contributed by atoms with Crippen LogP contribution in [0.1, 0.15) is 23.3 Å². The molecule has 0 atom stereocenters. The molecule has 0 bridgehead atoms. The predicted octanol–water partition coefficient (Wildman–Crippen LogP) is 0.596. The van der Waals surface area contributed by atoms with Crippen LogP contribution in [0.3, 0.4) is 0 Å². The van der Waals surface area contributed by atoms with E-state index in [1.807, 2.05) is 12.1 Å². The Hall–Kier alpha value is -2.11. The van der Waals surface area contributed by atoms with Gasteiger partial charge in [0.25, 0.3) is 5.91 Å². The molecule has 2 amide bonds. The van der Waals surface area contributed by atoms with E-state index in [0.717, 1.165) is 25.3 Å². The number of carbonyl (C=O) groups excluding carboxylic acids is 2. The smallest absolute Gasteiger partial charge is 0.272 e. The normalized spacial score (nSPS) is 19.0. The van der Waals surface area contributed by atoms with Gasteiger partial charge < -0.3 is 14.7 Å². The zero-order valence-corrected chi connectivity index (χ0v) is 12.1. The molecule has 2 fully saturated rings. The highest BCUT2D eigenvalue weighted by Crippen LogP contribution is 2.18. The number of aromatic nitrogens is 1. The summed E-state index contributed by atoms with van der Waals surface area (Å²) in [5.41, 5.74) is 0.499. The summed E-state index contributed by atoms with van der Waals surface area (Å²) in [6.07, 6.45) is 3.22. The molecule has 2 aliphatic rings. The topological polar surface area (TPSA) is 56.8 Å². The van der Waals surface area contributed by atoms with Gasteiger partial charge in [-0.15, -0.1) is 0 Å². The zero-order valence-electron chi connectivity index (χ0n) is 12.1. The molecule has 1 aromatic heterocycles. The molecule has 0 aromatic carbocycles. The molecule has 3 heterocycles. The molecule has 2 saturated heterocycles. The molecule has 3 rings (SSSR count). The Balaban J connectivity index is 1.69. The van der Waals surface area contributed by atoms with Crippen molar-refractivity contribution in [2.45, 2.75) is 12.8 Å². The van der Waals surface area contributed by atoms with E-state index in [-0.39, 0.29) is 5.91 Å². The fourth-order valence-corrected chi connectivity index (χ4v) is 2.86. The molecular formula is C15H20N4O2. The SMILES string of the molecule is O=CN1CCN(C(=O)c2cccc(N3CCCC3)n2)CC1. The standard InChI is InChI=1S/C15H20N4O2/c20-12-17-8-10-19(11-9-17)15(21)13-4-3-5-14(16-13)18-6-1-2-7-18/h3-5,12H,1-2,6-11H2. The van der Waals surface area contributed by atoms with Crippen LogP contribution < -0.4 is 4.90 Å². The highest BCUT2D eigenvalue weighted by molar-refractivity contribution is 5.92. The Morgan fingerprint density at radius 2 is 1.76 bits per heavy atom. The monoisotopic (exact) mass is 288 g/mol. The number of carbonyl (C=O) groups is 2. The summed E-state index contributed by atoms with van der Waals surface area (Å²) in [4.78, 5) is 33.4. The second-order valence-electron chi connectivity index (χ2n) is 5.51. The van der Waals surface area contributed by atoms with E-state index in [1.54, 1.807) is 15.9 Å². The third kappa shape index (κ3) is 2.99. The largest absolute Gasteiger partial charge is 0.357 e. The van der Waals surface area contributed by atoms with Gasteiger partial charge in [0.1, 0.15) is 11.5 Å². The molecule has 0 spiro atoms. The van der Waals surface area contributed by atoms with Gasteiger partial charge in [-0.2, -0.15) is 0 Å². The van der Waals surface area contributed by atoms with Crippen molar-refractivity contribution in [3.63, 3.8) is 0 Å². The summed E-state index contributed by atoms with van der Waals surface area (Å²) in [5, 5.41) is 0. The van der Waals surface area contributed by atoms with Crippen LogP contribution in [-0.2, 0) is 4.79 Å². The minimum atomic E-state index is -0.0402. The van der Waals surface area contributed by atoms with E-state index in [4.69, 9.17) is 0 Å². The van der Waals surface area contributed by atoms with E-state index >= 15 is 0 Å². The minimum Gasteiger partial charge on any atom is -0.357 e. The van der Waals surface area contributed by atoms with Crippen LogP contribution in [0.4, 0.5) is 5.82 Å². The van der Waals surface area contributed by atoms with Gasteiger partial charge in [0.05, 0.1) is 0 Å². The van der Waals surface area contributed by atoms with E-state index in [0.29, 0.717) is 31.9 Å². The fourth-order valence-electron chi connectivity index (χ4n) is 2.86. The summed E-state index contributed by atoms with van der Waals surface area (Å²) in [6.45, 7) is 4.38. The van der Waals surface area contributed by atoms with Gasteiger partial charge in [-0.25, -0.2) is 4.98 Å². The summed E-state index contributed by atoms with van der Waals surface area (Å²) in [6, 6.07) is 5.63. The van der Waals surface area contributed by atoms with E-state index in [1.165, 1.54) is 12.8 Å². The average Bonchev–Trinajstić information content (AvgIpc) is 3.09. The number of hydrogen-bond donors (Lipinski definition) is 0. The number of nitrogens with zero attached hydrogens (tertiary/aromatic N) is 4. The van der Waals surface area contributed by atoms with Gasteiger partial charge in [-0.1, -0.05) is 6.07 Å². The third-order valence-electron chi connectivity index (χ3n) is 4.13. The number of pyridine rings is 1. The summed E-state index contributed by atoms with van der Waals surface area (Å²) < 4.78 is 0. The second-order valence-corrected chi connectivity index (χ2v) is 5.51. The molecule has 2 aliphatic heterocycles. The lowest BCUT2D eigenvalue weighted by Gasteiger charge is -2.32. The van der Waals surface area contributed by atoms with Crippen LogP contribution in [-0.4, -0.2) is 66.4 Å². The maximum Gasteiger partial charge on any atom is 0.272 e. The molecule has 0 N–H and O–H groups in total. The van der Waals surface area contributed by atoms with Gasteiger partial charge in [0.15, 0.2) is 0 Å². The molecule has 0 saturated carbocycles. The molecule has 0 aliphatic carbocycles. The molecule has 0 radical (unpaired) electrons. The van der Waals surface area contributed by atoms with Crippen molar-refractivity contribution in [2.24, 2.45) is 0 Å². The molecular weight excluding hydrogens is 268 g/mol. The molecule has 0 unspecified atom stereocenters. The van der Waals surface area contributed by atoms with Crippen LogP contribution in [0.15, 0.2) is 18.2 Å². The van der Waals surface area contributed by atoms with Crippen molar-refractivity contribution in [1.29, 1.82) is 0 Å². The van der Waals surface area contributed by atoms with Crippen molar-refractivity contribution in [1.82, 2.24) is 14.8 Å². The van der Waals surface area contributed by atoms with E-state index < -0.39 is 0 Å². The van der Waals surface area contributed by atoms with Crippen molar-refractivity contribution in [2.75, 3.05) is 44.2 Å². The maximum atomic E-state index is 12.5. The minimum absolute atomic E-state index is 0.0402. The fraction of sp³-hybridized carbons (Fsp3) is 0.533. The van der Waals surface area contributed by atoms with Crippen molar-refractivity contribution >= 4 is 18.1 Å². The van der Waals surface area contributed by atoms with Gasteiger partial charge in [-0.3, -0.25) is 9.59 Å². The van der Waals surface area contributed by atoms with Gasteiger partial charge in [0, 0.05) is 39.3 Å². The van der Waals surface area contributed by atoms with Crippen LogP contribution in [0.5, 0.6) is 0 Å². The highest BCUT2D eigenvalue weighted by Gasteiger charge is 2.23. The lowest BCUT2D eigenvalue weighted by molar-refractivity contribution is -0.119. The lowest BCUT2D eigenvalue weighted by atomic mass is 10.2. The Kier molecular flexibility index (Phi) is 4.03. The third-order valence-corrected chi connectivity index (χ3v) is 4.13. The first kappa shape index (κ1) is 13.9. The molecule has 6 nitrogen and oxygen atoms in total. The average molecular weight is 288 g/mol. The molecule has 21 heavy (non-hydrogen) atoms. The molecule has 6 heteroatoms. The van der Waals surface area contributed by atoms with E-state index in [2.05, 4.69) is 9.88 Å². The second kappa shape index (κ2) is 6.11. The lowest BCUT2D eigenvalue weighted by Crippen LogP contribution is -2.48. The van der Waals surface area contributed by atoms with E-state index in [9.17, 15) is 9.59 Å². The zero-order chi connectivity index (χ0) is 14.7. The highest BCUT2D eigenvalue weighted by atomic mass is 16.2. The summed E-state index contributed by atoms with van der Waals surface area (Å²) in [5.74, 6) is 0.853. The first-order valence-corrected chi connectivity index (χ1v) is 7.48. The number of hydrogen-bond acceptors (Lipinski definition) is 4. The van der Waals surface area contributed by atoms with Crippen molar-refractivity contribution in [3.05, 3.63) is 23.9 Å². The van der Waals surface area contributed by atoms with Crippen molar-refractivity contribution < 1.29 is 9.59 Å². The number of rotatable bonds is 3. The summed E-state index contributed by atoms with van der Waals surface area (Å²) >= 11 is 0. The quantitative estimate of drug-likeness (QED) is 0.764. The Morgan fingerprint density at radius 1 is 1.05 bits per heavy atom. The van der Waals surface area contributed by atoms with Crippen LogP contribution in [0, 0.1) is 0 Å². The van der Waals surface area contributed by atoms with Crippen LogP contribution in [0.25, 0.3) is 0 Å².